The second-order valence-electron chi connectivity index (χ2n) is 5.29. The topological polar surface area (TPSA) is 117 Å². The summed E-state index contributed by atoms with van der Waals surface area (Å²) in [6, 6.07) is 6.98. The molecule has 0 fully saturated rings. The van der Waals surface area contributed by atoms with Crippen LogP contribution in [0.2, 0.25) is 5.02 Å². The maximum atomic E-state index is 12.3. The van der Waals surface area contributed by atoms with Gasteiger partial charge in [-0.05, 0) is 30.3 Å². The number of nitrogens with one attached hydrogen (secondary N) is 1. The molecule has 12 heteroatoms. The number of nitro groups is 1. The van der Waals surface area contributed by atoms with E-state index in [1.54, 1.807) is 0 Å². The molecule has 1 N–H and O–H groups in total. The summed E-state index contributed by atoms with van der Waals surface area (Å²) in [6.45, 7) is -3.78. The summed E-state index contributed by atoms with van der Waals surface area (Å²) in [6.07, 6.45) is 0. The van der Waals surface area contributed by atoms with Crippen molar-refractivity contribution in [3.05, 3.63) is 57.1 Å². The molecule has 154 valence electrons. The van der Waals surface area contributed by atoms with Gasteiger partial charge in [-0.3, -0.25) is 14.9 Å². The minimum Gasteiger partial charge on any atom is -0.493 e. The smallest absolute Gasteiger partial charge is 0.387 e. The van der Waals surface area contributed by atoms with Crippen LogP contribution in [0.25, 0.3) is 0 Å². The highest BCUT2D eigenvalue weighted by molar-refractivity contribution is 6.32. The fraction of sp³-hybridized carbons (Fsp3) is 0.176. The summed E-state index contributed by atoms with van der Waals surface area (Å²) in [5.41, 5.74) is -0.393. The van der Waals surface area contributed by atoms with Crippen molar-refractivity contribution in [2.24, 2.45) is 0 Å². The van der Waals surface area contributed by atoms with Crippen LogP contribution < -0.4 is 14.8 Å². The quantitative estimate of drug-likeness (QED) is 0.386. The van der Waals surface area contributed by atoms with Crippen molar-refractivity contribution in [3.63, 3.8) is 0 Å². The number of alkyl halides is 2. The lowest BCUT2D eigenvalue weighted by atomic mass is 10.2. The van der Waals surface area contributed by atoms with E-state index in [1.807, 2.05) is 0 Å². The highest BCUT2D eigenvalue weighted by atomic mass is 35.5. The van der Waals surface area contributed by atoms with Crippen molar-refractivity contribution in [1.82, 2.24) is 0 Å². The minimum absolute atomic E-state index is 0.0709. The Hall–Kier alpha value is -3.47. The molecular formula is C17H13ClF2N2O7. The van der Waals surface area contributed by atoms with Crippen LogP contribution in [0, 0.1) is 10.1 Å². The van der Waals surface area contributed by atoms with E-state index >= 15 is 0 Å². The van der Waals surface area contributed by atoms with Crippen LogP contribution in [0.5, 0.6) is 11.5 Å². The Balaban J connectivity index is 1.99. The summed E-state index contributed by atoms with van der Waals surface area (Å²) in [5, 5.41) is 13.1. The molecule has 0 aliphatic rings. The predicted molar refractivity (Wildman–Crippen MR) is 96.6 cm³/mol. The molecule has 0 radical (unpaired) electrons. The van der Waals surface area contributed by atoms with Crippen molar-refractivity contribution in [3.8, 4) is 11.5 Å². The standard InChI is InChI=1S/C17H13ClF2N2O7/c1-27-14-6-9(2-5-13(14)29-17(19)20)16(24)28-8-15(23)21-10-3-4-11(18)12(7-10)22(25)26/h2-7,17H,8H2,1H3,(H,21,23). The Morgan fingerprint density at radius 3 is 2.55 bits per heavy atom. The van der Waals surface area contributed by atoms with Gasteiger partial charge >= 0.3 is 12.6 Å². The molecule has 9 nitrogen and oxygen atoms in total. The van der Waals surface area contributed by atoms with E-state index in [0.717, 1.165) is 24.3 Å². The van der Waals surface area contributed by atoms with E-state index in [-0.39, 0.29) is 27.8 Å². The van der Waals surface area contributed by atoms with Crippen molar-refractivity contribution < 1.29 is 37.5 Å². The largest absolute Gasteiger partial charge is 0.493 e. The summed E-state index contributed by atoms with van der Waals surface area (Å²) in [4.78, 5) is 34.1. The van der Waals surface area contributed by atoms with Gasteiger partial charge in [0.25, 0.3) is 11.6 Å². The van der Waals surface area contributed by atoms with Gasteiger partial charge in [0.1, 0.15) is 5.02 Å². The molecule has 2 aromatic rings. The van der Waals surface area contributed by atoms with Crippen molar-refractivity contribution in [2.45, 2.75) is 6.61 Å². The lowest BCUT2D eigenvalue weighted by Gasteiger charge is -2.11. The maximum absolute atomic E-state index is 12.3. The van der Waals surface area contributed by atoms with Crippen LogP contribution in [0.3, 0.4) is 0 Å². The molecule has 0 aliphatic carbocycles. The van der Waals surface area contributed by atoms with Crippen LogP contribution in [-0.4, -0.2) is 37.1 Å². The van der Waals surface area contributed by atoms with Crippen molar-refractivity contribution in [2.75, 3.05) is 19.0 Å². The van der Waals surface area contributed by atoms with Gasteiger partial charge in [0.15, 0.2) is 18.1 Å². The third-order valence-corrected chi connectivity index (χ3v) is 3.70. The minimum atomic E-state index is -3.07. The van der Waals surface area contributed by atoms with Gasteiger partial charge in [-0.1, -0.05) is 11.6 Å². The molecule has 2 aromatic carbocycles. The molecule has 0 saturated heterocycles. The van der Waals surface area contributed by atoms with E-state index in [1.165, 1.54) is 19.2 Å². The number of ether oxygens (including phenoxy) is 3. The molecule has 0 spiro atoms. The van der Waals surface area contributed by atoms with Gasteiger partial charge in [-0.2, -0.15) is 8.78 Å². The van der Waals surface area contributed by atoms with E-state index in [4.69, 9.17) is 21.1 Å². The first-order valence-electron chi connectivity index (χ1n) is 7.75. The molecule has 2 rings (SSSR count). The van der Waals surface area contributed by atoms with Crippen LogP contribution in [0.4, 0.5) is 20.2 Å². The molecule has 0 heterocycles. The van der Waals surface area contributed by atoms with Gasteiger partial charge in [0, 0.05) is 11.8 Å². The fourth-order valence-corrected chi connectivity index (χ4v) is 2.32. The van der Waals surface area contributed by atoms with Crippen LogP contribution in [-0.2, 0) is 9.53 Å². The van der Waals surface area contributed by atoms with E-state index < -0.39 is 35.7 Å². The number of hydrogen-bond donors (Lipinski definition) is 1. The first kappa shape index (κ1) is 21.8. The number of anilines is 1. The molecular weight excluding hydrogens is 418 g/mol. The molecule has 1 amide bonds. The van der Waals surface area contributed by atoms with Crippen molar-refractivity contribution in [1.29, 1.82) is 0 Å². The van der Waals surface area contributed by atoms with Crippen LogP contribution >= 0.6 is 11.6 Å². The number of methoxy groups -OCH3 is 1. The molecule has 0 aliphatic heterocycles. The molecule has 0 bridgehead atoms. The molecule has 0 unspecified atom stereocenters. The SMILES string of the molecule is COc1cc(C(=O)OCC(=O)Nc2ccc(Cl)c([N+](=O)[O-])c2)ccc1OC(F)F. The number of hydrogen-bond acceptors (Lipinski definition) is 7. The Bertz CT molecular complexity index is 940. The highest BCUT2D eigenvalue weighted by Crippen LogP contribution is 2.30. The first-order valence-corrected chi connectivity index (χ1v) is 8.13. The van der Waals surface area contributed by atoms with E-state index in [0.29, 0.717) is 0 Å². The Morgan fingerprint density at radius 1 is 1.21 bits per heavy atom. The van der Waals surface area contributed by atoms with E-state index in [9.17, 15) is 28.5 Å². The summed E-state index contributed by atoms with van der Waals surface area (Å²) in [5.74, 6) is -2.09. The van der Waals surface area contributed by atoms with Gasteiger partial charge in [0.05, 0.1) is 17.6 Å². The number of halogens is 3. The van der Waals surface area contributed by atoms with E-state index in [2.05, 4.69) is 10.1 Å². The number of nitrogens with zero attached hydrogens (tertiary/aromatic N) is 1. The highest BCUT2D eigenvalue weighted by Gasteiger charge is 2.17. The average Bonchev–Trinajstić information content (AvgIpc) is 2.67. The number of esters is 1. The van der Waals surface area contributed by atoms with Gasteiger partial charge < -0.3 is 19.5 Å². The zero-order chi connectivity index (χ0) is 21.6. The molecule has 0 atom stereocenters. The van der Waals surface area contributed by atoms with Gasteiger partial charge in [-0.15, -0.1) is 0 Å². The molecule has 0 aromatic heterocycles. The Labute approximate surface area is 167 Å². The molecule has 0 saturated carbocycles. The second-order valence-corrected chi connectivity index (χ2v) is 5.70. The number of amides is 1. The summed E-state index contributed by atoms with van der Waals surface area (Å²) < 4.78 is 38.6. The number of nitro benzene ring substituents is 1. The maximum Gasteiger partial charge on any atom is 0.387 e. The van der Waals surface area contributed by atoms with Gasteiger partial charge in [0.2, 0.25) is 0 Å². The van der Waals surface area contributed by atoms with Gasteiger partial charge in [-0.25, -0.2) is 4.79 Å². The summed E-state index contributed by atoms with van der Waals surface area (Å²) >= 11 is 5.68. The normalized spacial score (nSPS) is 10.4. The zero-order valence-corrected chi connectivity index (χ0v) is 15.4. The van der Waals surface area contributed by atoms with Crippen LogP contribution in [0.1, 0.15) is 10.4 Å². The lowest BCUT2D eigenvalue weighted by Crippen LogP contribution is -2.21. The Kier molecular flexibility index (Phi) is 7.26. The first-order chi connectivity index (χ1) is 13.7. The monoisotopic (exact) mass is 430 g/mol. The Morgan fingerprint density at radius 2 is 1.93 bits per heavy atom. The number of carbonyl (C=O) groups excluding carboxylic acids is 2. The number of benzene rings is 2. The lowest BCUT2D eigenvalue weighted by molar-refractivity contribution is -0.384. The zero-order valence-electron chi connectivity index (χ0n) is 14.7. The fourth-order valence-electron chi connectivity index (χ4n) is 2.13. The predicted octanol–water partition coefficient (Wildman–Crippen LogP) is 3.65. The molecule has 29 heavy (non-hydrogen) atoms. The van der Waals surface area contributed by atoms with Crippen molar-refractivity contribution >= 4 is 34.9 Å². The number of rotatable bonds is 8. The number of carbonyl (C=O) groups is 2. The third-order valence-electron chi connectivity index (χ3n) is 3.38. The summed E-state index contributed by atoms with van der Waals surface area (Å²) in [7, 11) is 1.20. The third kappa shape index (κ3) is 6.01. The second kappa shape index (κ2) is 9.64. The average molecular weight is 431 g/mol. The van der Waals surface area contributed by atoms with Crippen LogP contribution in [0.15, 0.2) is 36.4 Å².